The number of unbranched alkanes of at least 4 members (excludes halogenated alkanes) is 8. The van der Waals surface area contributed by atoms with Crippen molar-refractivity contribution in [2.45, 2.75) is 71.6 Å². The van der Waals surface area contributed by atoms with Gasteiger partial charge in [-0.3, -0.25) is 4.98 Å². The summed E-state index contributed by atoms with van der Waals surface area (Å²) in [6.07, 6.45) is 16.6. The molecule has 0 saturated carbocycles. The van der Waals surface area contributed by atoms with Crippen LogP contribution >= 0.6 is 0 Å². The van der Waals surface area contributed by atoms with E-state index in [1.165, 1.54) is 44.9 Å². The highest BCUT2D eigenvalue weighted by molar-refractivity contribution is 5.85. The lowest BCUT2D eigenvalue weighted by molar-refractivity contribution is -0.132. The molecule has 0 radical (unpaired) electrons. The van der Waals surface area contributed by atoms with Crippen LogP contribution in [0.4, 0.5) is 0 Å². The second-order valence-corrected chi connectivity index (χ2v) is 5.91. The van der Waals surface area contributed by atoms with Gasteiger partial charge < -0.3 is 5.11 Å². The highest BCUT2D eigenvalue weighted by Crippen LogP contribution is 2.10. The summed E-state index contributed by atoms with van der Waals surface area (Å²) in [7, 11) is 0. The molecule has 0 aromatic carbocycles. The van der Waals surface area contributed by atoms with Crippen LogP contribution in [0.5, 0.6) is 0 Å². The van der Waals surface area contributed by atoms with Crippen LogP contribution in [0, 0.1) is 0 Å². The number of hydrogen-bond donors (Lipinski definition) is 1. The van der Waals surface area contributed by atoms with Crippen molar-refractivity contribution in [2.75, 3.05) is 0 Å². The van der Waals surface area contributed by atoms with E-state index in [9.17, 15) is 4.79 Å². The van der Waals surface area contributed by atoms with E-state index < -0.39 is 5.97 Å². The monoisotopic (exact) mass is 331 g/mol. The molecule has 24 heavy (non-hydrogen) atoms. The Morgan fingerprint density at radius 3 is 2.21 bits per heavy atom. The molecule has 134 valence electrons. The Labute approximate surface area is 147 Å². The van der Waals surface area contributed by atoms with Crippen molar-refractivity contribution >= 4 is 12.0 Å². The van der Waals surface area contributed by atoms with Crippen molar-refractivity contribution < 1.29 is 9.90 Å². The first-order valence-electron chi connectivity index (χ1n) is 9.05. The second kappa shape index (κ2) is 16.0. The minimum atomic E-state index is -0.792. The highest BCUT2D eigenvalue weighted by atomic mass is 16.4. The summed E-state index contributed by atoms with van der Waals surface area (Å²) >= 11 is 0. The number of carboxylic acids is 1. The zero-order chi connectivity index (χ0) is 18.0. The quantitative estimate of drug-likeness (QED) is 0.384. The number of aliphatic carboxylic acids is 1. The zero-order valence-corrected chi connectivity index (χ0v) is 15.3. The van der Waals surface area contributed by atoms with Crippen LogP contribution in [0.15, 0.2) is 42.6 Å². The molecule has 1 rings (SSSR count). The molecule has 0 aliphatic heterocycles. The molecule has 0 fully saturated rings. The zero-order valence-electron chi connectivity index (χ0n) is 15.3. The SMILES string of the molecule is C=Cc1ccccn1.CCCCCCCCCCC=C(C)C(=O)O. The fourth-order valence-electron chi connectivity index (χ4n) is 2.18. The highest BCUT2D eigenvalue weighted by Gasteiger charge is 1.97. The molecule has 0 amide bonds. The summed E-state index contributed by atoms with van der Waals surface area (Å²) in [6, 6.07) is 5.73. The Bertz CT molecular complexity index is 466. The third-order valence-corrected chi connectivity index (χ3v) is 3.74. The van der Waals surface area contributed by atoms with Crippen molar-refractivity contribution in [3.63, 3.8) is 0 Å². The molecule has 3 nitrogen and oxygen atoms in total. The molecule has 0 spiro atoms. The van der Waals surface area contributed by atoms with Gasteiger partial charge in [-0.15, -0.1) is 0 Å². The Balaban J connectivity index is 0.000000546. The first-order valence-corrected chi connectivity index (χ1v) is 9.05. The minimum Gasteiger partial charge on any atom is -0.478 e. The lowest BCUT2D eigenvalue weighted by atomic mass is 10.1. The van der Waals surface area contributed by atoms with Crippen LogP contribution in [0.1, 0.15) is 77.3 Å². The topological polar surface area (TPSA) is 50.2 Å². The van der Waals surface area contributed by atoms with Gasteiger partial charge in [-0.2, -0.15) is 0 Å². The number of allylic oxidation sites excluding steroid dienone is 1. The molecule has 1 heterocycles. The van der Waals surface area contributed by atoms with Gasteiger partial charge in [0.25, 0.3) is 0 Å². The molecule has 0 aliphatic rings. The van der Waals surface area contributed by atoms with Crippen molar-refractivity contribution in [1.29, 1.82) is 0 Å². The van der Waals surface area contributed by atoms with Crippen molar-refractivity contribution in [3.8, 4) is 0 Å². The minimum absolute atomic E-state index is 0.475. The number of hydrogen-bond acceptors (Lipinski definition) is 2. The molecule has 0 saturated heterocycles. The third kappa shape index (κ3) is 13.7. The average molecular weight is 331 g/mol. The van der Waals surface area contributed by atoms with E-state index in [1.54, 1.807) is 19.2 Å². The summed E-state index contributed by atoms with van der Waals surface area (Å²) in [6.45, 7) is 7.46. The Morgan fingerprint density at radius 2 is 1.75 bits per heavy atom. The summed E-state index contributed by atoms with van der Waals surface area (Å²) < 4.78 is 0. The van der Waals surface area contributed by atoms with Gasteiger partial charge in [-0.25, -0.2) is 4.79 Å². The largest absolute Gasteiger partial charge is 0.478 e. The first-order chi connectivity index (χ1) is 11.6. The summed E-state index contributed by atoms with van der Waals surface area (Å²) in [5.74, 6) is -0.792. The molecule has 0 unspecified atom stereocenters. The van der Waals surface area contributed by atoms with Gasteiger partial charge in [-0.1, -0.05) is 70.6 Å². The molecule has 0 bridgehead atoms. The van der Waals surface area contributed by atoms with Crippen LogP contribution < -0.4 is 0 Å². The van der Waals surface area contributed by atoms with Gasteiger partial charge in [0.1, 0.15) is 0 Å². The molecule has 3 heteroatoms. The molecule has 1 aromatic heterocycles. The molecule has 0 atom stereocenters. The maximum Gasteiger partial charge on any atom is 0.330 e. The standard InChI is InChI=1S/C14H26O2.C7H7N/c1-3-4-5-6-7-8-9-10-11-12-13(2)14(15)16;1-2-7-5-3-4-6-8-7/h12H,3-11H2,1-2H3,(H,15,16);2-6H,1H2. The van der Waals surface area contributed by atoms with Crippen molar-refractivity contribution in [1.82, 2.24) is 4.98 Å². The number of carboxylic acid groups (broad SMARTS) is 1. The predicted octanol–water partition coefficient (Wildman–Crippen LogP) is 6.27. The van der Waals surface area contributed by atoms with Crippen molar-refractivity contribution in [2.24, 2.45) is 0 Å². The Kier molecular flexibility index (Phi) is 14.7. The van der Waals surface area contributed by atoms with Gasteiger partial charge in [0.15, 0.2) is 0 Å². The molecule has 0 aliphatic carbocycles. The van der Waals surface area contributed by atoms with Crippen LogP contribution in [-0.2, 0) is 4.79 Å². The smallest absolute Gasteiger partial charge is 0.330 e. The Hall–Kier alpha value is -1.90. The maximum absolute atomic E-state index is 10.5. The average Bonchev–Trinajstić information content (AvgIpc) is 2.61. The van der Waals surface area contributed by atoms with Gasteiger partial charge in [0.05, 0.1) is 5.69 Å². The lowest BCUT2D eigenvalue weighted by Gasteiger charge is -2.00. The van der Waals surface area contributed by atoms with Crippen LogP contribution in [-0.4, -0.2) is 16.1 Å². The molecular formula is C21H33NO2. The summed E-state index contributed by atoms with van der Waals surface area (Å²) in [4.78, 5) is 14.5. The van der Waals surface area contributed by atoms with E-state index in [1.807, 2.05) is 24.3 Å². The molecule has 1 N–H and O–H groups in total. The third-order valence-electron chi connectivity index (χ3n) is 3.74. The summed E-state index contributed by atoms with van der Waals surface area (Å²) in [5, 5.41) is 8.64. The van der Waals surface area contributed by atoms with Crippen LogP contribution in [0.25, 0.3) is 6.08 Å². The van der Waals surface area contributed by atoms with Crippen LogP contribution in [0.3, 0.4) is 0 Å². The van der Waals surface area contributed by atoms with Gasteiger partial charge in [0.2, 0.25) is 0 Å². The van der Waals surface area contributed by atoms with E-state index >= 15 is 0 Å². The number of pyridine rings is 1. The normalized spacial score (nSPS) is 10.7. The van der Waals surface area contributed by atoms with Gasteiger partial charge >= 0.3 is 5.97 Å². The second-order valence-electron chi connectivity index (χ2n) is 5.91. The fraction of sp³-hybridized carbons (Fsp3) is 0.524. The number of rotatable bonds is 11. The maximum atomic E-state index is 10.5. The summed E-state index contributed by atoms with van der Waals surface area (Å²) in [5.41, 5.74) is 1.40. The predicted molar refractivity (Wildman–Crippen MR) is 103 cm³/mol. The van der Waals surface area contributed by atoms with E-state index in [2.05, 4.69) is 18.5 Å². The molecule has 1 aromatic rings. The van der Waals surface area contributed by atoms with E-state index in [4.69, 9.17) is 5.11 Å². The number of carbonyl (C=O) groups is 1. The van der Waals surface area contributed by atoms with E-state index in [0.717, 1.165) is 18.5 Å². The number of aromatic nitrogens is 1. The first kappa shape index (κ1) is 22.1. The Morgan fingerprint density at radius 1 is 1.12 bits per heavy atom. The van der Waals surface area contributed by atoms with Crippen LogP contribution in [0.2, 0.25) is 0 Å². The van der Waals surface area contributed by atoms with E-state index in [-0.39, 0.29) is 0 Å². The lowest BCUT2D eigenvalue weighted by Crippen LogP contribution is -1.95. The van der Waals surface area contributed by atoms with Crippen molar-refractivity contribution in [3.05, 3.63) is 48.3 Å². The fourth-order valence-corrected chi connectivity index (χ4v) is 2.18. The van der Waals surface area contributed by atoms with Gasteiger partial charge in [-0.05, 0) is 38.0 Å². The van der Waals surface area contributed by atoms with Gasteiger partial charge in [0, 0.05) is 11.8 Å². The molecular weight excluding hydrogens is 298 g/mol. The number of nitrogens with zero attached hydrogens (tertiary/aromatic N) is 1. The van der Waals surface area contributed by atoms with E-state index in [0.29, 0.717) is 5.57 Å².